The first-order valence-corrected chi connectivity index (χ1v) is 9.22. The quantitative estimate of drug-likeness (QED) is 0.869. The van der Waals surface area contributed by atoms with Gasteiger partial charge in [0.25, 0.3) is 0 Å². The van der Waals surface area contributed by atoms with E-state index in [2.05, 4.69) is 18.7 Å². The van der Waals surface area contributed by atoms with Gasteiger partial charge in [0.15, 0.2) is 0 Å². The Hall–Kier alpha value is -0.120. The van der Waals surface area contributed by atoms with Crippen LogP contribution in [0.1, 0.15) is 58.8 Å². The van der Waals surface area contributed by atoms with Gasteiger partial charge in [0.2, 0.25) is 0 Å². The molecule has 21 heavy (non-hydrogen) atoms. The SMILES string of the molecule is CC1CCC(C(N)C2(N3CCOCC3)CCCC2)CC1C. The summed E-state index contributed by atoms with van der Waals surface area (Å²) in [5, 5.41) is 0. The maximum Gasteiger partial charge on any atom is 0.0594 e. The highest BCUT2D eigenvalue weighted by Gasteiger charge is 2.48. The molecule has 1 saturated heterocycles. The standard InChI is InChI=1S/C18H34N2O/c1-14-5-6-16(13-15(14)2)17(19)18(7-3-4-8-18)20-9-11-21-12-10-20/h14-17H,3-13,19H2,1-2H3. The molecule has 122 valence electrons. The van der Waals surface area contributed by atoms with E-state index in [1.807, 2.05) is 0 Å². The minimum atomic E-state index is 0.286. The first kappa shape index (κ1) is 15.8. The van der Waals surface area contributed by atoms with Crippen molar-refractivity contribution in [1.29, 1.82) is 0 Å². The highest BCUT2D eigenvalue weighted by Crippen LogP contribution is 2.44. The summed E-state index contributed by atoms with van der Waals surface area (Å²) in [6, 6.07) is 0.369. The van der Waals surface area contributed by atoms with E-state index in [-0.39, 0.29) is 5.54 Å². The molecule has 3 rings (SSSR count). The van der Waals surface area contributed by atoms with Gasteiger partial charge in [-0.3, -0.25) is 4.90 Å². The fraction of sp³-hybridized carbons (Fsp3) is 1.00. The third-order valence-corrected chi connectivity index (χ3v) is 6.88. The molecule has 1 heterocycles. The van der Waals surface area contributed by atoms with Crippen molar-refractivity contribution >= 4 is 0 Å². The molecule has 3 aliphatic rings. The summed E-state index contributed by atoms with van der Waals surface area (Å²) in [6.07, 6.45) is 9.42. The van der Waals surface area contributed by atoms with Gasteiger partial charge in [-0.05, 0) is 43.4 Å². The van der Waals surface area contributed by atoms with E-state index < -0.39 is 0 Å². The second kappa shape index (κ2) is 6.55. The van der Waals surface area contributed by atoms with E-state index in [1.54, 1.807) is 0 Å². The van der Waals surface area contributed by atoms with Gasteiger partial charge in [-0.2, -0.15) is 0 Å². The Morgan fingerprint density at radius 3 is 2.33 bits per heavy atom. The Balaban J connectivity index is 1.73. The zero-order valence-corrected chi connectivity index (χ0v) is 14.0. The lowest BCUT2D eigenvalue weighted by atomic mass is 9.68. The maximum atomic E-state index is 6.94. The van der Waals surface area contributed by atoms with Crippen LogP contribution in [0.2, 0.25) is 0 Å². The zero-order chi connectivity index (χ0) is 14.9. The Morgan fingerprint density at radius 2 is 1.71 bits per heavy atom. The number of morpholine rings is 1. The van der Waals surface area contributed by atoms with Crippen molar-refractivity contribution < 1.29 is 4.74 Å². The Bertz CT molecular complexity index is 334. The molecule has 0 amide bonds. The van der Waals surface area contributed by atoms with Crippen molar-refractivity contribution in [2.45, 2.75) is 70.4 Å². The maximum absolute atomic E-state index is 6.94. The Labute approximate surface area is 130 Å². The van der Waals surface area contributed by atoms with Crippen LogP contribution in [0.5, 0.6) is 0 Å². The minimum absolute atomic E-state index is 0.286. The summed E-state index contributed by atoms with van der Waals surface area (Å²) in [6.45, 7) is 8.82. The highest BCUT2D eigenvalue weighted by molar-refractivity contribution is 5.05. The van der Waals surface area contributed by atoms with Crippen molar-refractivity contribution in [2.24, 2.45) is 23.5 Å². The minimum Gasteiger partial charge on any atom is -0.379 e. The molecule has 3 nitrogen and oxygen atoms in total. The van der Waals surface area contributed by atoms with Crippen LogP contribution in [0.4, 0.5) is 0 Å². The predicted octanol–water partition coefficient (Wildman–Crippen LogP) is 3.03. The van der Waals surface area contributed by atoms with Crippen molar-refractivity contribution in [3.63, 3.8) is 0 Å². The molecular weight excluding hydrogens is 260 g/mol. The Morgan fingerprint density at radius 1 is 1.05 bits per heavy atom. The summed E-state index contributed by atoms with van der Waals surface area (Å²) in [4.78, 5) is 2.71. The molecule has 0 spiro atoms. The highest BCUT2D eigenvalue weighted by atomic mass is 16.5. The molecule has 4 atom stereocenters. The topological polar surface area (TPSA) is 38.5 Å². The van der Waals surface area contributed by atoms with Crippen LogP contribution in [0, 0.1) is 17.8 Å². The fourth-order valence-electron chi connectivity index (χ4n) is 5.21. The first-order valence-electron chi connectivity index (χ1n) is 9.22. The average molecular weight is 294 g/mol. The number of ether oxygens (including phenoxy) is 1. The van der Waals surface area contributed by atoms with E-state index in [0.717, 1.165) is 44.1 Å². The second-order valence-electron chi connectivity index (χ2n) is 7.96. The molecule has 2 N–H and O–H groups in total. The summed E-state index contributed by atoms with van der Waals surface area (Å²) in [5.41, 5.74) is 7.23. The molecule has 0 aromatic carbocycles. The van der Waals surface area contributed by atoms with E-state index >= 15 is 0 Å². The lowest BCUT2D eigenvalue weighted by Gasteiger charge is -2.51. The van der Waals surface area contributed by atoms with Crippen LogP contribution in [0.25, 0.3) is 0 Å². The van der Waals surface area contributed by atoms with E-state index in [4.69, 9.17) is 10.5 Å². The van der Waals surface area contributed by atoms with Gasteiger partial charge in [0.05, 0.1) is 13.2 Å². The molecule has 2 saturated carbocycles. The lowest BCUT2D eigenvalue weighted by molar-refractivity contribution is -0.0433. The van der Waals surface area contributed by atoms with Gasteiger partial charge >= 0.3 is 0 Å². The van der Waals surface area contributed by atoms with Gasteiger partial charge in [-0.25, -0.2) is 0 Å². The number of rotatable bonds is 3. The molecule has 0 radical (unpaired) electrons. The lowest BCUT2D eigenvalue weighted by Crippen LogP contribution is -2.63. The van der Waals surface area contributed by atoms with Gasteiger partial charge in [-0.15, -0.1) is 0 Å². The first-order chi connectivity index (χ1) is 10.1. The van der Waals surface area contributed by atoms with E-state index in [9.17, 15) is 0 Å². The summed E-state index contributed by atoms with van der Waals surface area (Å²) >= 11 is 0. The van der Waals surface area contributed by atoms with Crippen LogP contribution in [0.15, 0.2) is 0 Å². The number of hydrogen-bond donors (Lipinski definition) is 1. The predicted molar refractivity (Wildman–Crippen MR) is 87.2 cm³/mol. The molecule has 0 aromatic heterocycles. The van der Waals surface area contributed by atoms with Crippen molar-refractivity contribution in [2.75, 3.05) is 26.3 Å². The van der Waals surface area contributed by atoms with Crippen molar-refractivity contribution in [3.8, 4) is 0 Å². The third kappa shape index (κ3) is 3.02. The van der Waals surface area contributed by atoms with E-state index in [0.29, 0.717) is 6.04 Å². The monoisotopic (exact) mass is 294 g/mol. The summed E-state index contributed by atoms with van der Waals surface area (Å²) in [5.74, 6) is 2.46. The number of nitrogens with two attached hydrogens (primary N) is 1. The molecule has 1 aliphatic heterocycles. The van der Waals surface area contributed by atoms with Crippen LogP contribution >= 0.6 is 0 Å². The van der Waals surface area contributed by atoms with Gasteiger partial charge in [-0.1, -0.05) is 33.1 Å². The van der Waals surface area contributed by atoms with Crippen LogP contribution in [-0.4, -0.2) is 42.8 Å². The summed E-state index contributed by atoms with van der Waals surface area (Å²) in [7, 11) is 0. The number of nitrogens with zero attached hydrogens (tertiary/aromatic N) is 1. The zero-order valence-electron chi connectivity index (χ0n) is 14.0. The van der Waals surface area contributed by atoms with Gasteiger partial charge < -0.3 is 10.5 Å². The van der Waals surface area contributed by atoms with E-state index in [1.165, 1.54) is 44.9 Å². The van der Waals surface area contributed by atoms with Gasteiger partial charge in [0, 0.05) is 24.7 Å². The smallest absolute Gasteiger partial charge is 0.0594 e. The molecular formula is C18H34N2O. The Kier molecular flexibility index (Phi) is 4.92. The normalized spacial score (nSPS) is 39.3. The van der Waals surface area contributed by atoms with Crippen LogP contribution in [0.3, 0.4) is 0 Å². The average Bonchev–Trinajstić information content (AvgIpc) is 3.01. The molecule has 3 heteroatoms. The largest absolute Gasteiger partial charge is 0.379 e. The fourth-order valence-corrected chi connectivity index (χ4v) is 5.21. The molecule has 4 unspecified atom stereocenters. The van der Waals surface area contributed by atoms with Gasteiger partial charge in [0.1, 0.15) is 0 Å². The van der Waals surface area contributed by atoms with Crippen molar-refractivity contribution in [3.05, 3.63) is 0 Å². The third-order valence-electron chi connectivity index (χ3n) is 6.88. The van der Waals surface area contributed by atoms with Crippen LogP contribution in [-0.2, 0) is 4.74 Å². The van der Waals surface area contributed by atoms with Crippen molar-refractivity contribution in [1.82, 2.24) is 4.90 Å². The molecule has 0 bridgehead atoms. The number of hydrogen-bond acceptors (Lipinski definition) is 3. The summed E-state index contributed by atoms with van der Waals surface area (Å²) < 4.78 is 5.58. The molecule has 3 fully saturated rings. The second-order valence-corrected chi connectivity index (χ2v) is 7.96. The molecule has 0 aromatic rings. The molecule has 2 aliphatic carbocycles. The van der Waals surface area contributed by atoms with Crippen LogP contribution < -0.4 is 5.73 Å².